The topological polar surface area (TPSA) is 87.7 Å². The van der Waals surface area contributed by atoms with Gasteiger partial charge in [-0.25, -0.2) is 4.39 Å². The zero-order chi connectivity index (χ0) is 15.6. The van der Waals surface area contributed by atoms with E-state index in [0.29, 0.717) is 4.88 Å². The molecule has 1 amide bonds. The van der Waals surface area contributed by atoms with E-state index in [9.17, 15) is 9.18 Å². The van der Waals surface area contributed by atoms with Crippen LogP contribution < -0.4 is 11.1 Å². The van der Waals surface area contributed by atoms with Crippen LogP contribution in [-0.2, 0) is 0 Å². The number of rotatable bonds is 4. The second-order valence-corrected chi connectivity index (χ2v) is 6.43. The quantitative estimate of drug-likeness (QED) is 0.351. The molecule has 0 saturated carbocycles. The van der Waals surface area contributed by atoms with Gasteiger partial charge in [-0.1, -0.05) is 25.1 Å². The summed E-state index contributed by atoms with van der Waals surface area (Å²) >= 11 is 1.22. The molecule has 112 valence electrons. The maximum atomic E-state index is 13.1. The molecule has 1 heterocycles. The van der Waals surface area contributed by atoms with Crippen LogP contribution in [0.25, 0.3) is 10.1 Å². The second kappa shape index (κ2) is 5.69. The molecule has 4 N–H and O–H groups in total. The molecule has 1 aromatic carbocycles. The normalized spacial score (nSPS) is 12.6. The predicted octanol–water partition coefficient (Wildman–Crippen LogP) is 2.54. The highest BCUT2D eigenvalue weighted by molar-refractivity contribution is 7.20. The number of amidine groups is 1. The van der Waals surface area contributed by atoms with E-state index < -0.39 is 5.41 Å². The van der Waals surface area contributed by atoms with Gasteiger partial charge < -0.3 is 16.3 Å². The lowest BCUT2D eigenvalue weighted by Crippen LogP contribution is -2.42. The highest BCUT2D eigenvalue weighted by Gasteiger charge is 2.24. The van der Waals surface area contributed by atoms with Crippen LogP contribution in [-0.4, -0.2) is 23.5 Å². The number of nitrogens with two attached hydrogens (primary N) is 1. The maximum Gasteiger partial charge on any atom is 0.261 e. The minimum absolute atomic E-state index is 0.0428. The Kier molecular flexibility index (Phi) is 4.13. The summed E-state index contributed by atoms with van der Waals surface area (Å²) < 4.78 is 13.9. The van der Waals surface area contributed by atoms with Gasteiger partial charge in [-0.2, -0.15) is 0 Å². The molecule has 0 atom stereocenters. The Morgan fingerprint density at radius 1 is 1.48 bits per heavy atom. The monoisotopic (exact) mass is 309 g/mol. The van der Waals surface area contributed by atoms with Crippen molar-refractivity contribution >= 4 is 33.2 Å². The molecular formula is C14H16FN3O2S. The molecule has 0 aliphatic carbocycles. The summed E-state index contributed by atoms with van der Waals surface area (Å²) in [5.41, 5.74) is 4.90. The average Bonchev–Trinajstić information content (AvgIpc) is 2.86. The number of carbonyl (C=O) groups is 1. The summed E-state index contributed by atoms with van der Waals surface area (Å²) in [7, 11) is 0. The van der Waals surface area contributed by atoms with Crippen LogP contribution in [0.2, 0.25) is 0 Å². The number of halogens is 1. The Balaban J connectivity index is 2.12. The molecule has 0 fully saturated rings. The lowest BCUT2D eigenvalue weighted by molar-refractivity contribution is 0.0948. The van der Waals surface area contributed by atoms with E-state index >= 15 is 0 Å². The summed E-state index contributed by atoms with van der Waals surface area (Å²) in [6.45, 7) is 3.73. The van der Waals surface area contributed by atoms with E-state index in [2.05, 4.69) is 10.5 Å². The molecule has 0 aliphatic rings. The zero-order valence-corrected chi connectivity index (χ0v) is 12.5. The Morgan fingerprint density at radius 3 is 2.86 bits per heavy atom. The number of nitrogens with one attached hydrogen (secondary N) is 1. The first-order valence-electron chi connectivity index (χ1n) is 6.29. The van der Waals surface area contributed by atoms with Crippen LogP contribution in [0.1, 0.15) is 23.5 Å². The van der Waals surface area contributed by atoms with Crippen molar-refractivity contribution in [2.75, 3.05) is 6.54 Å². The van der Waals surface area contributed by atoms with Gasteiger partial charge in [0.05, 0.1) is 4.88 Å². The molecule has 0 aliphatic heterocycles. The van der Waals surface area contributed by atoms with Gasteiger partial charge in [0.25, 0.3) is 5.91 Å². The second-order valence-electron chi connectivity index (χ2n) is 5.34. The molecule has 2 aromatic rings. The van der Waals surface area contributed by atoms with E-state index in [1.54, 1.807) is 26.0 Å². The maximum absolute atomic E-state index is 13.1. The summed E-state index contributed by atoms with van der Waals surface area (Å²) in [6, 6.07) is 6.11. The van der Waals surface area contributed by atoms with Crippen LogP contribution in [0, 0.1) is 11.2 Å². The van der Waals surface area contributed by atoms with Gasteiger partial charge in [-0.3, -0.25) is 4.79 Å². The minimum Gasteiger partial charge on any atom is -0.409 e. The van der Waals surface area contributed by atoms with Gasteiger partial charge in [-0.05, 0) is 23.6 Å². The number of benzene rings is 1. The number of hydrogen-bond donors (Lipinski definition) is 3. The first-order chi connectivity index (χ1) is 9.83. The van der Waals surface area contributed by atoms with E-state index in [0.717, 1.165) is 10.1 Å². The first-order valence-corrected chi connectivity index (χ1v) is 7.10. The molecule has 0 spiro atoms. The van der Waals surface area contributed by atoms with Crippen LogP contribution >= 0.6 is 11.3 Å². The number of oxime groups is 1. The summed E-state index contributed by atoms with van der Waals surface area (Å²) in [5, 5.41) is 15.2. The van der Waals surface area contributed by atoms with Gasteiger partial charge in [0.2, 0.25) is 0 Å². The van der Waals surface area contributed by atoms with Crippen molar-refractivity contribution in [1.82, 2.24) is 5.32 Å². The fourth-order valence-corrected chi connectivity index (χ4v) is 2.74. The van der Waals surface area contributed by atoms with Crippen molar-refractivity contribution < 1.29 is 14.4 Å². The van der Waals surface area contributed by atoms with Crippen molar-refractivity contribution in [2.24, 2.45) is 16.3 Å². The average molecular weight is 309 g/mol. The molecule has 21 heavy (non-hydrogen) atoms. The molecule has 0 unspecified atom stereocenters. The predicted molar refractivity (Wildman–Crippen MR) is 81.3 cm³/mol. The Morgan fingerprint density at radius 2 is 2.19 bits per heavy atom. The third kappa shape index (κ3) is 3.30. The largest absolute Gasteiger partial charge is 0.409 e. The van der Waals surface area contributed by atoms with Crippen molar-refractivity contribution in [1.29, 1.82) is 0 Å². The van der Waals surface area contributed by atoms with Crippen molar-refractivity contribution in [2.45, 2.75) is 13.8 Å². The first kappa shape index (κ1) is 15.2. The minimum atomic E-state index is -0.660. The van der Waals surface area contributed by atoms with Gasteiger partial charge in [0.1, 0.15) is 11.7 Å². The standard InChI is InChI=1S/C14H16FN3O2S/c1-14(2,13(16)18-20)7-17-12(19)11-5-8-3-4-9(15)6-10(8)21-11/h3-6,20H,7H2,1-2H3,(H2,16,18)(H,17,19). The van der Waals surface area contributed by atoms with Crippen LogP contribution in [0.5, 0.6) is 0 Å². The summed E-state index contributed by atoms with van der Waals surface area (Å²) in [4.78, 5) is 12.6. The molecule has 0 bridgehead atoms. The molecule has 7 heteroatoms. The number of fused-ring (bicyclic) bond motifs is 1. The van der Waals surface area contributed by atoms with E-state index in [4.69, 9.17) is 10.9 Å². The zero-order valence-electron chi connectivity index (χ0n) is 11.7. The van der Waals surface area contributed by atoms with E-state index in [-0.39, 0.29) is 24.1 Å². The van der Waals surface area contributed by atoms with Crippen molar-refractivity contribution in [3.8, 4) is 0 Å². The van der Waals surface area contributed by atoms with Crippen molar-refractivity contribution in [3.05, 3.63) is 35.0 Å². The van der Waals surface area contributed by atoms with Gasteiger partial charge >= 0.3 is 0 Å². The third-order valence-electron chi connectivity index (χ3n) is 3.20. The summed E-state index contributed by atoms with van der Waals surface area (Å²) in [5.74, 6) is -0.555. The van der Waals surface area contributed by atoms with E-state index in [1.165, 1.54) is 23.5 Å². The molecule has 2 rings (SSSR count). The van der Waals surface area contributed by atoms with Crippen molar-refractivity contribution in [3.63, 3.8) is 0 Å². The molecule has 0 saturated heterocycles. The SMILES string of the molecule is CC(C)(CNC(=O)c1cc2ccc(F)cc2s1)/C(N)=N/O. The number of amides is 1. The summed E-state index contributed by atoms with van der Waals surface area (Å²) in [6.07, 6.45) is 0. The highest BCUT2D eigenvalue weighted by Crippen LogP contribution is 2.26. The van der Waals surface area contributed by atoms with Crippen LogP contribution in [0.15, 0.2) is 29.4 Å². The van der Waals surface area contributed by atoms with Crippen LogP contribution in [0.3, 0.4) is 0 Å². The number of nitrogens with zero attached hydrogens (tertiary/aromatic N) is 1. The molecule has 5 nitrogen and oxygen atoms in total. The smallest absolute Gasteiger partial charge is 0.261 e. The third-order valence-corrected chi connectivity index (χ3v) is 4.29. The van der Waals surface area contributed by atoms with Crippen LogP contribution in [0.4, 0.5) is 4.39 Å². The lowest BCUT2D eigenvalue weighted by atomic mass is 9.92. The Hall–Kier alpha value is -2.15. The fraction of sp³-hybridized carbons (Fsp3) is 0.286. The van der Waals surface area contributed by atoms with Gasteiger partial charge in [0.15, 0.2) is 0 Å². The van der Waals surface area contributed by atoms with E-state index in [1.807, 2.05) is 0 Å². The highest BCUT2D eigenvalue weighted by atomic mass is 32.1. The Labute approximate surface area is 125 Å². The fourth-order valence-electron chi connectivity index (χ4n) is 1.73. The number of carbonyl (C=O) groups excluding carboxylic acids is 1. The lowest BCUT2D eigenvalue weighted by Gasteiger charge is -2.22. The molecule has 1 aromatic heterocycles. The number of thiophene rings is 1. The molecular weight excluding hydrogens is 293 g/mol. The Bertz CT molecular complexity index is 709. The van der Waals surface area contributed by atoms with Gasteiger partial charge in [0, 0.05) is 16.7 Å². The number of hydrogen-bond acceptors (Lipinski definition) is 4. The van der Waals surface area contributed by atoms with Gasteiger partial charge in [-0.15, -0.1) is 11.3 Å². The molecule has 0 radical (unpaired) electrons.